The van der Waals surface area contributed by atoms with Gasteiger partial charge in [-0.2, -0.15) is 0 Å². The lowest BCUT2D eigenvalue weighted by molar-refractivity contribution is 0.0953. The van der Waals surface area contributed by atoms with Crippen molar-refractivity contribution in [3.8, 4) is 0 Å². The number of fused-ring (bicyclic) bond motifs is 1. The van der Waals surface area contributed by atoms with Crippen LogP contribution in [0, 0.1) is 0 Å². The van der Waals surface area contributed by atoms with Crippen molar-refractivity contribution in [3.05, 3.63) is 71.9 Å². The first-order valence-electron chi connectivity index (χ1n) is 8.43. The van der Waals surface area contributed by atoms with Gasteiger partial charge in [0.25, 0.3) is 5.91 Å². The minimum Gasteiger partial charge on any atom is -0.361 e. The second kappa shape index (κ2) is 8.31. The highest BCUT2D eigenvalue weighted by Gasteiger charge is 2.03. The molecule has 1 amide bonds. The number of rotatable bonds is 8. The molecule has 0 saturated carbocycles. The molecule has 3 N–H and O–H groups in total. The summed E-state index contributed by atoms with van der Waals surface area (Å²) in [6.07, 6.45) is 4.01. The van der Waals surface area contributed by atoms with Gasteiger partial charge in [-0.1, -0.05) is 36.4 Å². The van der Waals surface area contributed by atoms with Crippen LogP contribution in [0.5, 0.6) is 0 Å². The Balaban J connectivity index is 1.31. The van der Waals surface area contributed by atoms with Crippen molar-refractivity contribution >= 4 is 16.8 Å². The van der Waals surface area contributed by atoms with Crippen molar-refractivity contribution in [1.29, 1.82) is 0 Å². The van der Waals surface area contributed by atoms with Crippen molar-refractivity contribution in [3.63, 3.8) is 0 Å². The molecule has 0 spiro atoms. The van der Waals surface area contributed by atoms with E-state index in [0.717, 1.165) is 25.9 Å². The van der Waals surface area contributed by atoms with E-state index in [-0.39, 0.29) is 5.91 Å². The monoisotopic (exact) mass is 321 g/mol. The zero-order valence-electron chi connectivity index (χ0n) is 13.7. The van der Waals surface area contributed by atoms with Gasteiger partial charge >= 0.3 is 0 Å². The van der Waals surface area contributed by atoms with Gasteiger partial charge < -0.3 is 15.6 Å². The van der Waals surface area contributed by atoms with Crippen molar-refractivity contribution in [2.45, 2.75) is 12.8 Å². The molecular formula is C20H23N3O. The summed E-state index contributed by atoms with van der Waals surface area (Å²) in [7, 11) is 0. The summed E-state index contributed by atoms with van der Waals surface area (Å²) in [5.74, 6) is -0.00519. The van der Waals surface area contributed by atoms with Gasteiger partial charge in [-0.05, 0) is 49.7 Å². The number of carbonyl (C=O) groups excluding carboxylic acids is 1. The van der Waals surface area contributed by atoms with E-state index in [9.17, 15) is 4.79 Å². The maximum atomic E-state index is 11.9. The van der Waals surface area contributed by atoms with Crippen LogP contribution >= 0.6 is 0 Å². The third kappa shape index (κ3) is 4.24. The van der Waals surface area contributed by atoms with Crippen LogP contribution in [-0.4, -0.2) is 30.5 Å². The Morgan fingerprint density at radius 1 is 0.917 bits per heavy atom. The summed E-state index contributed by atoms with van der Waals surface area (Å²) in [6.45, 7) is 2.53. The third-order valence-electron chi connectivity index (χ3n) is 4.10. The lowest BCUT2D eigenvalue weighted by Crippen LogP contribution is -2.27. The zero-order chi connectivity index (χ0) is 16.6. The molecular weight excluding hydrogens is 298 g/mol. The fourth-order valence-electron chi connectivity index (χ4n) is 2.79. The molecule has 1 aromatic heterocycles. The number of aromatic nitrogens is 1. The minimum atomic E-state index is -0.00519. The Morgan fingerprint density at radius 3 is 2.58 bits per heavy atom. The van der Waals surface area contributed by atoms with E-state index in [4.69, 9.17) is 0 Å². The number of benzene rings is 2. The van der Waals surface area contributed by atoms with Gasteiger partial charge in [0.15, 0.2) is 0 Å². The van der Waals surface area contributed by atoms with Gasteiger partial charge in [-0.15, -0.1) is 0 Å². The quantitative estimate of drug-likeness (QED) is 0.558. The van der Waals surface area contributed by atoms with Gasteiger partial charge in [0, 0.05) is 29.2 Å². The van der Waals surface area contributed by atoms with E-state index < -0.39 is 0 Å². The zero-order valence-corrected chi connectivity index (χ0v) is 13.7. The topological polar surface area (TPSA) is 56.9 Å². The first-order chi connectivity index (χ1) is 11.8. The molecule has 2 aromatic carbocycles. The third-order valence-corrected chi connectivity index (χ3v) is 4.10. The second-order valence-electron chi connectivity index (χ2n) is 5.83. The summed E-state index contributed by atoms with van der Waals surface area (Å²) in [6, 6.07) is 17.7. The van der Waals surface area contributed by atoms with Crippen molar-refractivity contribution < 1.29 is 4.79 Å². The first-order valence-corrected chi connectivity index (χ1v) is 8.43. The number of amides is 1. The molecule has 0 radical (unpaired) electrons. The number of H-pyrrole nitrogens is 1. The van der Waals surface area contributed by atoms with Crippen LogP contribution in [0.4, 0.5) is 0 Å². The number of hydrogen-bond donors (Lipinski definition) is 3. The molecule has 24 heavy (non-hydrogen) atoms. The van der Waals surface area contributed by atoms with Gasteiger partial charge in [0.2, 0.25) is 0 Å². The molecule has 0 saturated heterocycles. The van der Waals surface area contributed by atoms with E-state index in [1.165, 1.54) is 16.5 Å². The van der Waals surface area contributed by atoms with Crippen LogP contribution in [0.1, 0.15) is 22.3 Å². The average molecular weight is 321 g/mol. The lowest BCUT2D eigenvalue weighted by Gasteiger charge is -2.06. The Hall–Kier alpha value is -2.59. The SMILES string of the molecule is O=C(NCCCNCCc1c[nH]c2ccccc12)c1ccccc1. The van der Waals surface area contributed by atoms with Crippen LogP contribution < -0.4 is 10.6 Å². The number of nitrogens with one attached hydrogen (secondary N) is 3. The fraction of sp³-hybridized carbons (Fsp3) is 0.250. The van der Waals surface area contributed by atoms with E-state index in [1.54, 1.807) is 0 Å². The molecule has 0 aliphatic carbocycles. The normalized spacial score (nSPS) is 10.8. The highest BCUT2D eigenvalue weighted by Crippen LogP contribution is 2.17. The molecule has 4 heteroatoms. The van der Waals surface area contributed by atoms with Crippen LogP contribution in [0.2, 0.25) is 0 Å². The highest BCUT2D eigenvalue weighted by atomic mass is 16.1. The summed E-state index contributed by atoms with van der Waals surface area (Å²) < 4.78 is 0. The van der Waals surface area contributed by atoms with Crippen molar-refractivity contribution in [1.82, 2.24) is 15.6 Å². The molecule has 0 aliphatic heterocycles. The maximum absolute atomic E-state index is 11.9. The number of carbonyl (C=O) groups is 1. The van der Waals surface area contributed by atoms with Gasteiger partial charge in [0.1, 0.15) is 0 Å². The number of hydrogen-bond acceptors (Lipinski definition) is 2. The summed E-state index contributed by atoms with van der Waals surface area (Å²) in [5, 5.41) is 7.68. The minimum absolute atomic E-state index is 0.00519. The standard InChI is InChI=1S/C20H23N3O/c24-20(16-7-2-1-3-8-16)22-13-6-12-21-14-11-17-15-23-19-10-5-4-9-18(17)19/h1-5,7-10,15,21,23H,6,11-14H2,(H,22,24). The number of aromatic amines is 1. The molecule has 0 unspecified atom stereocenters. The van der Waals surface area contributed by atoms with Crippen LogP contribution in [0.15, 0.2) is 60.8 Å². The second-order valence-corrected chi connectivity index (χ2v) is 5.83. The molecule has 3 aromatic rings. The van der Waals surface area contributed by atoms with Crippen molar-refractivity contribution in [2.75, 3.05) is 19.6 Å². The predicted octanol–water partition coefficient (Wildman–Crippen LogP) is 3.12. The summed E-state index contributed by atoms with van der Waals surface area (Å²) >= 11 is 0. The molecule has 4 nitrogen and oxygen atoms in total. The molecule has 0 aliphatic rings. The Morgan fingerprint density at radius 2 is 1.71 bits per heavy atom. The predicted molar refractivity (Wildman–Crippen MR) is 98.3 cm³/mol. The van der Waals surface area contributed by atoms with Crippen LogP contribution in [0.25, 0.3) is 10.9 Å². The Kier molecular flexibility index (Phi) is 5.64. The van der Waals surface area contributed by atoms with E-state index >= 15 is 0 Å². The summed E-state index contributed by atoms with van der Waals surface area (Å²) in [4.78, 5) is 15.2. The lowest BCUT2D eigenvalue weighted by atomic mass is 10.1. The molecule has 0 bridgehead atoms. The fourth-order valence-corrected chi connectivity index (χ4v) is 2.79. The smallest absolute Gasteiger partial charge is 0.251 e. The van der Waals surface area contributed by atoms with Gasteiger partial charge in [-0.3, -0.25) is 4.79 Å². The Labute approximate surface area is 142 Å². The van der Waals surface area contributed by atoms with Crippen LogP contribution in [-0.2, 0) is 6.42 Å². The van der Waals surface area contributed by atoms with E-state index in [1.807, 2.05) is 36.4 Å². The van der Waals surface area contributed by atoms with Gasteiger partial charge in [0.05, 0.1) is 0 Å². The first kappa shape index (κ1) is 16.3. The summed E-state index contributed by atoms with van der Waals surface area (Å²) in [5.41, 5.74) is 3.25. The Bertz CT molecular complexity index is 780. The molecule has 0 fully saturated rings. The largest absolute Gasteiger partial charge is 0.361 e. The van der Waals surface area contributed by atoms with Crippen molar-refractivity contribution in [2.24, 2.45) is 0 Å². The molecule has 1 heterocycles. The van der Waals surface area contributed by atoms with E-state index in [0.29, 0.717) is 12.1 Å². The highest BCUT2D eigenvalue weighted by molar-refractivity contribution is 5.94. The average Bonchev–Trinajstić information content (AvgIpc) is 3.05. The van der Waals surface area contributed by atoms with Crippen LogP contribution in [0.3, 0.4) is 0 Å². The molecule has 3 rings (SSSR count). The van der Waals surface area contributed by atoms with Gasteiger partial charge in [-0.25, -0.2) is 0 Å². The maximum Gasteiger partial charge on any atom is 0.251 e. The molecule has 124 valence electrons. The number of para-hydroxylation sites is 1. The molecule has 0 atom stereocenters. The van der Waals surface area contributed by atoms with E-state index in [2.05, 4.69) is 40.0 Å².